The third-order valence-electron chi connectivity index (χ3n) is 3.69. The van der Waals surface area contributed by atoms with Crippen molar-refractivity contribution in [3.8, 4) is 0 Å². The minimum Gasteiger partial charge on any atom is -0.267 e. The van der Waals surface area contributed by atoms with Crippen molar-refractivity contribution in [1.29, 1.82) is 0 Å². The highest BCUT2D eigenvalue weighted by Gasteiger charge is 2.10. The van der Waals surface area contributed by atoms with Gasteiger partial charge in [0.25, 0.3) is 5.91 Å². The van der Waals surface area contributed by atoms with Crippen molar-refractivity contribution in [2.24, 2.45) is 5.10 Å². The lowest BCUT2D eigenvalue weighted by Crippen LogP contribution is -2.19. The van der Waals surface area contributed by atoms with E-state index in [0.29, 0.717) is 16.5 Å². The number of hydrogen-bond donors (Lipinski definition) is 1. The van der Waals surface area contributed by atoms with Gasteiger partial charge in [0.15, 0.2) is 0 Å². The number of aryl methyl sites for hydroxylation is 1. The van der Waals surface area contributed by atoms with Gasteiger partial charge in [-0.15, -0.1) is 0 Å². The monoisotopic (exact) mass is 328 g/mol. The molecular weight excluding hydrogens is 308 g/mol. The molecule has 0 heterocycles. The Bertz CT molecular complexity index is 734. The standard InChI is InChI=1S/C19H21ClN2O/c1-12(2)15-6-8-16(9-7-15)14(4)21-22-19(23)17-10-5-13(3)11-18(17)20/h5-12H,1-4H3,(H,22,23). The summed E-state index contributed by atoms with van der Waals surface area (Å²) in [5.41, 5.74) is 6.99. The van der Waals surface area contributed by atoms with Crippen molar-refractivity contribution in [3.63, 3.8) is 0 Å². The van der Waals surface area contributed by atoms with Crippen LogP contribution in [-0.4, -0.2) is 11.6 Å². The Kier molecular flexibility index (Phi) is 5.56. The SMILES string of the molecule is CC(=NNC(=O)c1ccc(C)cc1Cl)c1ccc(C(C)C)cc1. The van der Waals surface area contributed by atoms with Crippen LogP contribution in [0.25, 0.3) is 0 Å². The molecule has 4 heteroatoms. The van der Waals surface area contributed by atoms with E-state index >= 15 is 0 Å². The van der Waals surface area contributed by atoms with Crippen LogP contribution >= 0.6 is 11.6 Å². The van der Waals surface area contributed by atoms with E-state index in [9.17, 15) is 4.79 Å². The molecular formula is C19H21ClN2O. The molecule has 0 saturated heterocycles. The third-order valence-corrected chi connectivity index (χ3v) is 4.00. The van der Waals surface area contributed by atoms with E-state index in [-0.39, 0.29) is 5.91 Å². The number of hydrogen-bond acceptors (Lipinski definition) is 2. The molecule has 1 amide bonds. The molecule has 2 rings (SSSR count). The maximum absolute atomic E-state index is 12.2. The second-order valence-electron chi connectivity index (χ2n) is 5.90. The Morgan fingerprint density at radius 1 is 1.13 bits per heavy atom. The van der Waals surface area contributed by atoms with Crippen LogP contribution in [0.15, 0.2) is 47.6 Å². The summed E-state index contributed by atoms with van der Waals surface area (Å²) in [6, 6.07) is 13.5. The lowest BCUT2D eigenvalue weighted by Gasteiger charge is -2.07. The molecule has 2 aromatic carbocycles. The Morgan fingerprint density at radius 3 is 2.35 bits per heavy atom. The van der Waals surface area contributed by atoms with Crippen LogP contribution in [0.1, 0.15) is 53.7 Å². The topological polar surface area (TPSA) is 41.5 Å². The summed E-state index contributed by atoms with van der Waals surface area (Å²) < 4.78 is 0. The molecule has 0 fully saturated rings. The highest BCUT2D eigenvalue weighted by Crippen LogP contribution is 2.18. The van der Waals surface area contributed by atoms with Gasteiger partial charge in [0.05, 0.1) is 16.3 Å². The van der Waals surface area contributed by atoms with Crippen LogP contribution < -0.4 is 5.43 Å². The minimum atomic E-state index is -0.312. The molecule has 0 radical (unpaired) electrons. The summed E-state index contributed by atoms with van der Waals surface area (Å²) in [5.74, 6) is 0.179. The summed E-state index contributed by atoms with van der Waals surface area (Å²) in [4.78, 5) is 12.2. The summed E-state index contributed by atoms with van der Waals surface area (Å²) in [6.45, 7) is 8.10. The van der Waals surface area contributed by atoms with Crippen LogP contribution in [0.5, 0.6) is 0 Å². The van der Waals surface area contributed by atoms with Gasteiger partial charge >= 0.3 is 0 Å². The van der Waals surface area contributed by atoms with Gasteiger partial charge in [0.1, 0.15) is 0 Å². The normalized spacial score (nSPS) is 11.7. The molecule has 23 heavy (non-hydrogen) atoms. The summed E-state index contributed by atoms with van der Waals surface area (Å²) in [7, 11) is 0. The second kappa shape index (κ2) is 7.42. The Balaban J connectivity index is 2.10. The van der Waals surface area contributed by atoms with E-state index < -0.39 is 0 Å². The molecule has 0 bridgehead atoms. The van der Waals surface area contributed by atoms with Crippen molar-refractivity contribution < 1.29 is 4.79 Å². The average Bonchev–Trinajstić information content (AvgIpc) is 2.52. The Labute approximate surface area is 142 Å². The van der Waals surface area contributed by atoms with Crippen molar-refractivity contribution in [1.82, 2.24) is 5.43 Å². The van der Waals surface area contributed by atoms with Gasteiger partial charge in [-0.2, -0.15) is 5.10 Å². The van der Waals surface area contributed by atoms with Gasteiger partial charge in [-0.1, -0.05) is 55.8 Å². The zero-order valence-corrected chi connectivity index (χ0v) is 14.6. The van der Waals surface area contributed by atoms with Gasteiger partial charge in [-0.25, -0.2) is 5.43 Å². The predicted molar refractivity (Wildman–Crippen MR) is 96.4 cm³/mol. The lowest BCUT2D eigenvalue weighted by atomic mass is 10.0. The first-order valence-electron chi connectivity index (χ1n) is 7.59. The largest absolute Gasteiger partial charge is 0.272 e. The molecule has 0 spiro atoms. The van der Waals surface area contributed by atoms with E-state index in [1.54, 1.807) is 12.1 Å². The van der Waals surface area contributed by atoms with Crippen LogP contribution in [0, 0.1) is 6.92 Å². The fourth-order valence-corrected chi connectivity index (χ4v) is 2.49. The number of carbonyl (C=O) groups is 1. The van der Waals surface area contributed by atoms with Crippen molar-refractivity contribution >= 4 is 23.2 Å². The first-order valence-corrected chi connectivity index (χ1v) is 7.97. The molecule has 120 valence electrons. The summed E-state index contributed by atoms with van der Waals surface area (Å²) in [5, 5.41) is 4.59. The summed E-state index contributed by atoms with van der Waals surface area (Å²) >= 11 is 6.09. The van der Waals surface area contributed by atoms with Gasteiger partial charge < -0.3 is 0 Å². The van der Waals surface area contributed by atoms with Gasteiger partial charge in [0, 0.05) is 0 Å². The van der Waals surface area contributed by atoms with E-state index in [1.165, 1.54) is 5.56 Å². The molecule has 0 atom stereocenters. The number of rotatable bonds is 4. The second-order valence-corrected chi connectivity index (χ2v) is 6.31. The fourth-order valence-electron chi connectivity index (χ4n) is 2.17. The minimum absolute atomic E-state index is 0.312. The maximum atomic E-state index is 12.2. The fraction of sp³-hybridized carbons (Fsp3) is 0.263. The van der Waals surface area contributed by atoms with Crippen molar-refractivity contribution in [3.05, 3.63) is 69.7 Å². The predicted octanol–water partition coefficient (Wildman–Crippen LogP) is 4.93. The number of halogens is 1. The highest BCUT2D eigenvalue weighted by molar-refractivity contribution is 6.33. The van der Waals surface area contributed by atoms with Crippen molar-refractivity contribution in [2.75, 3.05) is 0 Å². The first kappa shape index (κ1) is 17.2. The quantitative estimate of drug-likeness (QED) is 0.627. The first-order chi connectivity index (χ1) is 10.9. The molecule has 0 unspecified atom stereocenters. The highest BCUT2D eigenvalue weighted by atomic mass is 35.5. The summed E-state index contributed by atoms with van der Waals surface area (Å²) in [6.07, 6.45) is 0. The van der Waals surface area contributed by atoms with E-state index in [1.807, 2.05) is 32.0 Å². The van der Waals surface area contributed by atoms with Crippen LogP contribution in [0.4, 0.5) is 0 Å². The molecule has 1 N–H and O–H groups in total. The average molecular weight is 329 g/mol. The molecule has 0 saturated carbocycles. The maximum Gasteiger partial charge on any atom is 0.272 e. The number of nitrogens with zero attached hydrogens (tertiary/aromatic N) is 1. The van der Waals surface area contributed by atoms with Gasteiger partial charge in [-0.3, -0.25) is 4.79 Å². The number of carbonyl (C=O) groups excluding carboxylic acids is 1. The van der Waals surface area contributed by atoms with E-state index in [4.69, 9.17) is 11.6 Å². The number of nitrogens with one attached hydrogen (secondary N) is 1. The van der Waals surface area contributed by atoms with E-state index in [2.05, 4.69) is 36.5 Å². The number of amides is 1. The molecule has 0 aliphatic heterocycles. The zero-order chi connectivity index (χ0) is 17.0. The zero-order valence-electron chi connectivity index (χ0n) is 13.9. The third kappa shape index (κ3) is 4.42. The van der Waals surface area contributed by atoms with Crippen LogP contribution in [0.2, 0.25) is 5.02 Å². The van der Waals surface area contributed by atoms with Crippen LogP contribution in [-0.2, 0) is 0 Å². The van der Waals surface area contributed by atoms with Gasteiger partial charge in [-0.05, 0) is 48.6 Å². The molecule has 2 aromatic rings. The molecule has 3 nitrogen and oxygen atoms in total. The Morgan fingerprint density at radius 2 is 1.78 bits per heavy atom. The lowest BCUT2D eigenvalue weighted by molar-refractivity contribution is 0.0955. The molecule has 0 aromatic heterocycles. The van der Waals surface area contributed by atoms with Crippen LogP contribution in [0.3, 0.4) is 0 Å². The van der Waals surface area contributed by atoms with E-state index in [0.717, 1.165) is 16.8 Å². The van der Waals surface area contributed by atoms with Crippen molar-refractivity contribution in [2.45, 2.75) is 33.6 Å². The smallest absolute Gasteiger partial charge is 0.267 e. The molecule has 0 aliphatic rings. The molecule has 0 aliphatic carbocycles. The number of hydrazone groups is 1. The number of benzene rings is 2. The Hall–Kier alpha value is -2.13. The van der Waals surface area contributed by atoms with Gasteiger partial charge in [0.2, 0.25) is 0 Å².